The van der Waals surface area contributed by atoms with Gasteiger partial charge in [0.2, 0.25) is 5.91 Å². The molecular formula is C11H20N2O3. The zero-order valence-corrected chi connectivity index (χ0v) is 9.90. The van der Waals surface area contributed by atoms with Gasteiger partial charge in [0.25, 0.3) is 0 Å². The van der Waals surface area contributed by atoms with E-state index in [4.69, 9.17) is 5.11 Å². The summed E-state index contributed by atoms with van der Waals surface area (Å²) in [4.78, 5) is 23.7. The number of nitrogens with one attached hydrogen (secondary N) is 1. The predicted molar refractivity (Wildman–Crippen MR) is 60.1 cm³/mol. The number of carbonyl (C=O) groups is 2. The van der Waals surface area contributed by atoms with Crippen molar-refractivity contribution < 1.29 is 14.7 Å². The molecule has 0 aliphatic carbocycles. The lowest BCUT2D eigenvalue weighted by molar-refractivity contribution is -0.141. The van der Waals surface area contributed by atoms with Crippen molar-refractivity contribution >= 4 is 11.9 Å². The van der Waals surface area contributed by atoms with E-state index in [1.54, 1.807) is 6.92 Å². The second-order valence-electron chi connectivity index (χ2n) is 4.51. The fraction of sp³-hybridized carbons (Fsp3) is 0.818. The van der Waals surface area contributed by atoms with Gasteiger partial charge in [-0.05, 0) is 12.8 Å². The molecule has 1 amide bonds. The number of carboxylic acids is 1. The van der Waals surface area contributed by atoms with Gasteiger partial charge in [0.15, 0.2) is 0 Å². The van der Waals surface area contributed by atoms with E-state index in [0.717, 1.165) is 25.9 Å². The van der Waals surface area contributed by atoms with Crippen LogP contribution in [0.15, 0.2) is 0 Å². The normalized spacial score (nSPS) is 20.4. The van der Waals surface area contributed by atoms with Gasteiger partial charge in [-0.2, -0.15) is 0 Å². The van der Waals surface area contributed by atoms with Crippen LogP contribution in [0.1, 0.15) is 26.7 Å². The first-order chi connectivity index (χ1) is 7.49. The molecule has 16 heavy (non-hydrogen) atoms. The Balaban J connectivity index is 2.26. The monoisotopic (exact) mass is 228 g/mol. The van der Waals surface area contributed by atoms with E-state index < -0.39 is 5.97 Å². The van der Waals surface area contributed by atoms with Crippen LogP contribution >= 0.6 is 0 Å². The van der Waals surface area contributed by atoms with Crippen molar-refractivity contribution in [1.82, 2.24) is 10.2 Å². The second kappa shape index (κ2) is 5.84. The van der Waals surface area contributed by atoms with Crippen LogP contribution in [-0.4, -0.2) is 47.6 Å². The first-order valence-corrected chi connectivity index (χ1v) is 5.71. The van der Waals surface area contributed by atoms with Gasteiger partial charge >= 0.3 is 5.97 Å². The van der Waals surface area contributed by atoms with E-state index in [-0.39, 0.29) is 17.9 Å². The molecule has 0 aromatic rings. The molecule has 0 bridgehead atoms. The molecule has 92 valence electrons. The van der Waals surface area contributed by atoms with Gasteiger partial charge in [-0.1, -0.05) is 6.92 Å². The van der Waals surface area contributed by atoms with Gasteiger partial charge in [-0.3, -0.25) is 9.59 Å². The smallest absolute Gasteiger partial charge is 0.307 e. The van der Waals surface area contributed by atoms with Crippen molar-refractivity contribution in [2.45, 2.75) is 32.7 Å². The number of carbonyl (C=O) groups excluding carboxylic acids is 1. The van der Waals surface area contributed by atoms with Crippen molar-refractivity contribution in [3.63, 3.8) is 0 Å². The van der Waals surface area contributed by atoms with Crippen LogP contribution < -0.4 is 5.32 Å². The van der Waals surface area contributed by atoms with Crippen LogP contribution in [0, 0.1) is 5.92 Å². The summed E-state index contributed by atoms with van der Waals surface area (Å²) < 4.78 is 0. The van der Waals surface area contributed by atoms with Gasteiger partial charge in [-0.15, -0.1) is 0 Å². The van der Waals surface area contributed by atoms with Gasteiger partial charge in [0.1, 0.15) is 0 Å². The zero-order valence-electron chi connectivity index (χ0n) is 9.90. The summed E-state index contributed by atoms with van der Waals surface area (Å²) in [6.45, 7) is 5.58. The van der Waals surface area contributed by atoms with E-state index in [1.165, 1.54) is 6.92 Å². The van der Waals surface area contributed by atoms with Crippen molar-refractivity contribution in [2.24, 2.45) is 5.92 Å². The Morgan fingerprint density at radius 1 is 1.44 bits per heavy atom. The third-order valence-electron chi connectivity index (χ3n) is 2.95. The fourth-order valence-corrected chi connectivity index (χ4v) is 2.01. The Bertz CT molecular complexity index is 260. The number of piperidine rings is 1. The van der Waals surface area contributed by atoms with Gasteiger partial charge in [0, 0.05) is 32.6 Å². The minimum atomic E-state index is -0.746. The highest BCUT2D eigenvalue weighted by atomic mass is 16.4. The Morgan fingerprint density at radius 2 is 2.00 bits per heavy atom. The summed E-state index contributed by atoms with van der Waals surface area (Å²) in [6, 6.07) is 0.258. The van der Waals surface area contributed by atoms with Crippen LogP contribution in [0.2, 0.25) is 0 Å². The largest absolute Gasteiger partial charge is 0.481 e. The van der Waals surface area contributed by atoms with Crippen LogP contribution in [0.5, 0.6) is 0 Å². The molecule has 1 rings (SSSR count). The minimum absolute atomic E-state index is 0.0114. The zero-order chi connectivity index (χ0) is 12.1. The Hall–Kier alpha value is -1.10. The van der Waals surface area contributed by atoms with Crippen molar-refractivity contribution in [2.75, 3.05) is 19.6 Å². The molecule has 1 heterocycles. The third-order valence-corrected chi connectivity index (χ3v) is 2.95. The number of hydrogen-bond acceptors (Lipinski definition) is 3. The van der Waals surface area contributed by atoms with E-state index >= 15 is 0 Å². The molecule has 0 aromatic heterocycles. The third kappa shape index (κ3) is 4.18. The minimum Gasteiger partial charge on any atom is -0.481 e. The topological polar surface area (TPSA) is 69.6 Å². The van der Waals surface area contributed by atoms with E-state index in [2.05, 4.69) is 10.2 Å². The SMILES string of the molecule is CC(=O)NC1CCN(CC(C)C(=O)O)CC1. The Labute approximate surface area is 95.8 Å². The molecule has 2 N–H and O–H groups in total. The molecule has 1 fully saturated rings. The first kappa shape index (κ1) is 13.0. The molecule has 0 saturated carbocycles. The number of rotatable bonds is 4. The van der Waals surface area contributed by atoms with Crippen molar-refractivity contribution in [3.8, 4) is 0 Å². The van der Waals surface area contributed by atoms with Crippen LogP contribution in [-0.2, 0) is 9.59 Å². The molecule has 5 heteroatoms. The average molecular weight is 228 g/mol. The standard InChI is InChI=1S/C11H20N2O3/c1-8(11(15)16)7-13-5-3-10(4-6-13)12-9(2)14/h8,10H,3-7H2,1-2H3,(H,12,14)(H,15,16). The maximum atomic E-state index is 10.9. The molecule has 1 atom stereocenters. The number of hydrogen-bond donors (Lipinski definition) is 2. The quantitative estimate of drug-likeness (QED) is 0.726. The summed E-state index contributed by atoms with van der Waals surface area (Å²) in [5.41, 5.74) is 0. The highest BCUT2D eigenvalue weighted by Crippen LogP contribution is 2.12. The Morgan fingerprint density at radius 3 is 2.44 bits per heavy atom. The maximum absolute atomic E-state index is 10.9. The van der Waals surface area contributed by atoms with Crippen molar-refractivity contribution in [3.05, 3.63) is 0 Å². The van der Waals surface area contributed by atoms with E-state index in [0.29, 0.717) is 6.54 Å². The summed E-state index contributed by atoms with van der Waals surface area (Å²) in [5.74, 6) is -1.06. The number of amides is 1. The highest BCUT2D eigenvalue weighted by Gasteiger charge is 2.22. The van der Waals surface area contributed by atoms with Gasteiger partial charge in [0.05, 0.1) is 5.92 Å². The molecule has 0 aromatic carbocycles. The number of carboxylic acid groups (broad SMARTS) is 1. The number of nitrogens with zero attached hydrogens (tertiary/aromatic N) is 1. The molecule has 0 spiro atoms. The second-order valence-corrected chi connectivity index (χ2v) is 4.51. The first-order valence-electron chi connectivity index (χ1n) is 5.71. The highest BCUT2D eigenvalue weighted by molar-refractivity contribution is 5.73. The lowest BCUT2D eigenvalue weighted by Crippen LogP contribution is -2.45. The molecule has 1 saturated heterocycles. The predicted octanol–water partition coefficient (Wildman–Crippen LogP) is 0.308. The number of likely N-dealkylation sites (tertiary alicyclic amines) is 1. The lowest BCUT2D eigenvalue weighted by atomic mass is 10.0. The van der Waals surface area contributed by atoms with Crippen LogP contribution in [0.25, 0.3) is 0 Å². The van der Waals surface area contributed by atoms with Crippen LogP contribution in [0.3, 0.4) is 0 Å². The average Bonchev–Trinajstić information content (AvgIpc) is 2.20. The molecule has 0 radical (unpaired) electrons. The molecule has 1 unspecified atom stereocenters. The molecule has 1 aliphatic rings. The van der Waals surface area contributed by atoms with Gasteiger partial charge in [-0.25, -0.2) is 0 Å². The van der Waals surface area contributed by atoms with Crippen molar-refractivity contribution in [1.29, 1.82) is 0 Å². The molecular weight excluding hydrogens is 208 g/mol. The van der Waals surface area contributed by atoms with Gasteiger partial charge < -0.3 is 15.3 Å². The summed E-state index contributed by atoms with van der Waals surface area (Å²) in [5, 5.41) is 11.7. The van der Waals surface area contributed by atoms with E-state index in [1.807, 2.05) is 0 Å². The Kier molecular flexibility index (Phi) is 4.73. The maximum Gasteiger partial charge on any atom is 0.307 e. The van der Waals surface area contributed by atoms with Crippen LogP contribution in [0.4, 0.5) is 0 Å². The molecule has 1 aliphatic heterocycles. The van der Waals surface area contributed by atoms with E-state index in [9.17, 15) is 9.59 Å². The fourth-order valence-electron chi connectivity index (χ4n) is 2.01. The summed E-state index contributed by atoms with van der Waals surface area (Å²) >= 11 is 0. The summed E-state index contributed by atoms with van der Waals surface area (Å²) in [7, 11) is 0. The molecule has 5 nitrogen and oxygen atoms in total. The summed E-state index contributed by atoms with van der Waals surface area (Å²) in [6.07, 6.45) is 1.82. The lowest BCUT2D eigenvalue weighted by Gasteiger charge is -2.32. The number of aliphatic carboxylic acids is 1.